The molecule has 18 heavy (non-hydrogen) atoms. The van der Waals surface area contributed by atoms with Gasteiger partial charge in [0.25, 0.3) is 0 Å². The van der Waals surface area contributed by atoms with E-state index in [1.807, 2.05) is 7.05 Å². The molecule has 0 bridgehead atoms. The Kier molecular flexibility index (Phi) is 2.92. The van der Waals surface area contributed by atoms with Gasteiger partial charge in [0.05, 0.1) is 18.4 Å². The zero-order valence-corrected chi connectivity index (χ0v) is 10.9. The van der Waals surface area contributed by atoms with Crippen molar-refractivity contribution in [3.05, 3.63) is 52.9 Å². The van der Waals surface area contributed by atoms with E-state index in [4.69, 9.17) is 11.6 Å². The standard InChI is InChI=1S/C14H14ClN3/c1-18(14-9-16-8-13(15)17-14)12-7-6-10-4-2-3-5-11(10)12/h2-5,8-9,12H,6-7H2,1H3. The fourth-order valence-corrected chi connectivity index (χ4v) is 2.74. The highest BCUT2D eigenvalue weighted by Crippen LogP contribution is 2.36. The van der Waals surface area contributed by atoms with Crippen molar-refractivity contribution in [2.24, 2.45) is 0 Å². The highest BCUT2D eigenvalue weighted by atomic mass is 35.5. The summed E-state index contributed by atoms with van der Waals surface area (Å²) in [4.78, 5) is 10.6. The first-order chi connectivity index (χ1) is 8.75. The molecule has 0 fully saturated rings. The topological polar surface area (TPSA) is 29.0 Å². The normalized spacial score (nSPS) is 17.6. The van der Waals surface area contributed by atoms with Crippen LogP contribution in [0.25, 0.3) is 0 Å². The molecule has 1 aliphatic rings. The summed E-state index contributed by atoms with van der Waals surface area (Å²) in [5, 5.41) is 0.436. The van der Waals surface area contributed by atoms with E-state index in [0.717, 1.165) is 18.7 Å². The molecule has 3 rings (SSSR count). The second-order valence-corrected chi connectivity index (χ2v) is 4.95. The SMILES string of the molecule is CN(c1cncc(Cl)n1)C1CCc2ccccc21. The number of aryl methyl sites for hydroxylation is 1. The molecule has 1 heterocycles. The molecule has 0 saturated carbocycles. The molecule has 4 heteroatoms. The molecule has 3 nitrogen and oxygen atoms in total. The van der Waals surface area contributed by atoms with Crippen LogP contribution < -0.4 is 4.90 Å². The van der Waals surface area contributed by atoms with Gasteiger partial charge in [0.1, 0.15) is 11.0 Å². The summed E-state index contributed by atoms with van der Waals surface area (Å²) in [6.07, 6.45) is 5.55. The second-order valence-electron chi connectivity index (χ2n) is 4.56. The second kappa shape index (κ2) is 4.58. The van der Waals surface area contributed by atoms with Crippen LogP contribution in [0, 0.1) is 0 Å². The summed E-state index contributed by atoms with van der Waals surface area (Å²) in [5.74, 6) is 0.823. The Balaban J connectivity index is 1.93. The van der Waals surface area contributed by atoms with Crippen LogP contribution in [0.4, 0.5) is 5.82 Å². The van der Waals surface area contributed by atoms with Crippen molar-refractivity contribution >= 4 is 17.4 Å². The van der Waals surface area contributed by atoms with Crippen molar-refractivity contribution in [1.29, 1.82) is 0 Å². The lowest BCUT2D eigenvalue weighted by molar-refractivity contribution is 0.654. The summed E-state index contributed by atoms with van der Waals surface area (Å²) >= 11 is 5.90. The summed E-state index contributed by atoms with van der Waals surface area (Å²) in [6.45, 7) is 0. The van der Waals surface area contributed by atoms with Gasteiger partial charge in [0.2, 0.25) is 0 Å². The minimum Gasteiger partial charge on any atom is -0.351 e. The quantitative estimate of drug-likeness (QED) is 0.829. The third kappa shape index (κ3) is 1.95. The lowest BCUT2D eigenvalue weighted by Gasteiger charge is -2.26. The summed E-state index contributed by atoms with van der Waals surface area (Å²) in [7, 11) is 2.05. The minimum atomic E-state index is 0.369. The Labute approximate surface area is 111 Å². The van der Waals surface area contributed by atoms with Crippen LogP contribution in [0.3, 0.4) is 0 Å². The molecule has 1 atom stereocenters. The van der Waals surface area contributed by atoms with Gasteiger partial charge in [-0.15, -0.1) is 0 Å². The van der Waals surface area contributed by atoms with Crippen LogP contribution >= 0.6 is 11.6 Å². The fraction of sp³-hybridized carbons (Fsp3) is 0.286. The lowest BCUT2D eigenvalue weighted by Crippen LogP contribution is -2.23. The lowest BCUT2D eigenvalue weighted by atomic mass is 10.1. The number of hydrogen-bond acceptors (Lipinski definition) is 3. The average Bonchev–Trinajstić information content (AvgIpc) is 2.82. The molecule has 0 spiro atoms. The molecule has 1 aromatic heterocycles. The third-order valence-electron chi connectivity index (χ3n) is 3.52. The monoisotopic (exact) mass is 259 g/mol. The fourth-order valence-electron chi connectivity index (χ4n) is 2.60. The van der Waals surface area contributed by atoms with Crippen LogP contribution in [0.5, 0.6) is 0 Å². The molecular formula is C14H14ClN3. The smallest absolute Gasteiger partial charge is 0.149 e. The van der Waals surface area contributed by atoms with Crippen molar-refractivity contribution in [2.75, 3.05) is 11.9 Å². The number of rotatable bonds is 2. The van der Waals surface area contributed by atoms with Crippen LogP contribution in [0.15, 0.2) is 36.7 Å². The van der Waals surface area contributed by atoms with E-state index < -0.39 is 0 Å². The van der Waals surface area contributed by atoms with Crippen LogP contribution in [-0.4, -0.2) is 17.0 Å². The number of hydrogen-bond donors (Lipinski definition) is 0. The number of halogens is 1. The van der Waals surface area contributed by atoms with Crippen molar-refractivity contribution in [1.82, 2.24) is 9.97 Å². The predicted molar refractivity (Wildman–Crippen MR) is 72.9 cm³/mol. The Morgan fingerprint density at radius 3 is 2.94 bits per heavy atom. The molecule has 0 saturated heterocycles. The summed E-state index contributed by atoms with van der Waals surface area (Å²) in [5.41, 5.74) is 2.83. The molecule has 0 radical (unpaired) electrons. The molecular weight excluding hydrogens is 246 g/mol. The van der Waals surface area contributed by atoms with Gasteiger partial charge in [-0.1, -0.05) is 35.9 Å². The van der Waals surface area contributed by atoms with Crippen molar-refractivity contribution in [3.8, 4) is 0 Å². The number of aromatic nitrogens is 2. The maximum absolute atomic E-state index is 5.90. The van der Waals surface area contributed by atoms with E-state index in [0.29, 0.717) is 11.2 Å². The van der Waals surface area contributed by atoms with Gasteiger partial charge in [-0.05, 0) is 24.0 Å². The summed E-state index contributed by atoms with van der Waals surface area (Å²) < 4.78 is 0. The van der Waals surface area contributed by atoms with E-state index >= 15 is 0 Å². The van der Waals surface area contributed by atoms with Crippen molar-refractivity contribution < 1.29 is 0 Å². The van der Waals surface area contributed by atoms with Crippen molar-refractivity contribution in [3.63, 3.8) is 0 Å². The van der Waals surface area contributed by atoms with E-state index in [2.05, 4.69) is 39.1 Å². The van der Waals surface area contributed by atoms with Crippen LogP contribution in [0.2, 0.25) is 5.15 Å². The molecule has 0 amide bonds. The van der Waals surface area contributed by atoms with Gasteiger partial charge in [0.15, 0.2) is 0 Å². The maximum atomic E-state index is 5.90. The highest BCUT2D eigenvalue weighted by Gasteiger charge is 2.26. The molecule has 0 aliphatic heterocycles. The molecule has 1 unspecified atom stereocenters. The Morgan fingerprint density at radius 1 is 1.28 bits per heavy atom. The molecule has 92 valence electrons. The van der Waals surface area contributed by atoms with Gasteiger partial charge < -0.3 is 4.90 Å². The van der Waals surface area contributed by atoms with Gasteiger partial charge in [-0.3, -0.25) is 4.98 Å². The summed E-state index contributed by atoms with van der Waals surface area (Å²) in [6, 6.07) is 8.96. The number of benzene rings is 1. The number of fused-ring (bicyclic) bond motifs is 1. The third-order valence-corrected chi connectivity index (χ3v) is 3.70. The zero-order valence-electron chi connectivity index (χ0n) is 10.2. The predicted octanol–water partition coefficient (Wildman–Crippen LogP) is 3.25. The first-order valence-electron chi connectivity index (χ1n) is 6.04. The zero-order chi connectivity index (χ0) is 12.5. The van der Waals surface area contributed by atoms with Crippen LogP contribution in [0.1, 0.15) is 23.6 Å². The van der Waals surface area contributed by atoms with E-state index in [1.54, 1.807) is 12.4 Å². The highest BCUT2D eigenvalue weighted by molar-refractivity contribution is 6.29. The van der Waals surface area contributed by atoms with Gasteiger partial charge in [-0.25, -0.2) is 4.98 Å². The van der Waals surface area contributed by atoms with Crippen molar-refractivity contribution in [2.45, 2.75) is 18.9 Å². The molecule has 0 N–H and O–H groups in total. The van der Waals surface area contributed by atoms with E-state index in [-0.39, 0.29) is 0 Å². The first-order valence-corrected chi connectivity index (χ1v) is 6.41. The van der Waals surface area contributed by atoms with Gasteiger partial charge >= 0.3 is 0 Å². The number of anilines is 1. The number of nitrogens with zero attached hydrogens (tertiary/aromatic N) is 3. The van der Waals surface area contributed by atoms with E-state index in [1.165, 1.54) is 11.1 Å². The molecule has 1 aromatic carbocycles. The van der Waals surface area contributed by atoms with Crippen LogP contribution in [-0.2, 0) is 6.42 Å². The molecule has 1 aliphatic carbocycles. The van der Waals surface area contributed by atoms with Gasteiger partial charge in [0, 0.05) is 7.05 Å². The van der Waals surface area contributed by atoms with Gasteiger partial charge in [-0.2, -0.15) is 0 Å². The van der Waals surface area contributed by atoms with E-state index in [9.17, 15) is 0 Å². The average molecular weight is 260 g/mol. The Hall–Kier alpha value is -1.61. The Bertz CT molecular complexity index is 570. The Morgan fingerprint density at radius 2 is 2.11 bits per heavy atom. The largest absolute Gasteiger partial charge is 0.351 e. The maximum Gasteiger partial charge on any atom is 0.149 e. The minimum absolute atomic E-state index is 0.369. The molecule has 2 aromatic rings. The first kappa shape index (κ1) is 11.5.